The van der Waals surface area contributed by atoms with Gasteiger partial charge in [-0.25, -0.2) is 8.42 Å². The number of aryl methyl sites for hydroxylation is 1. The van der Waals surface area contributed by atoms with Crippen molar-refractivity contribution in [3.05, 3.63) is 59.2 Å². The van der Waals surface area contributed by atoms with E-state index in [0.717, 1.165) is 24.1 Å². The van der Waals surface area contributed by atoms with Crippen molar-refractivity contribution in [3.63, 3.8) is 0 Å². The lowest BCUT2D eigenvalue weighted by atomic mass is 10.0. The molecule has 1 atom stereocenters. The first-order valence-corrected chi connectivity index (χ1v) is 11.7. The van der Waals surface area contributed by atoms with Crippen LogP contribution in [-0.2, 0) is 27.7 Å². The number of ketones is 1. The molecule has 1 aliphatic carbocycles. The van der Waals surface area contributed by atoms with Gasteiger partial charge in [0.1, 0.15) is 5.78 Å². The first kappa shape index (κ1) is 20.1. The van der Waals surface area contributed by atoms with E-state index in [1.54, 1.807) is 17.3 Å². The molecule has 1 unspecified atom stereocenters. The molecular weight excluding hydrogens is 384 g/mol. The van der Waals surface area contributed by atoms with Crippen molar-refractivity contribution < 1.29 is 13.2 Å². The maximum atomic E-state index is 13.2. The Kier molecular flexibility index (Phi) is 5.49. The van der Waals surface area contributed by atoms with Gasteiger partial charge in [0.15, 0.2) is 0 Å². The molecule has 2 aliphatic rings. The minimum atomic E-state index is -3.50. The Bertz CT molecular complexity index is 1010. The standard InChI is InChI=1S/C23H28N2O3S/c1-17-3-6-22(7-4-17)24-9-11-25(12-10-24)29(27,28)23-8-5-20-14-19(13-18(2)26)15-21(20)16-23/h3-8,16,19H,9-15H2,1-2H3. The largest absolute Gasteiger partial charge is 0.369 e. The monoisotopic (exact) mass is 412 g/mol. The Morgan fingerprint density at radius 2 is 1.62 bits per heavy atom. The molecule has 0 spiro atoms. The third kappa shape index (κ3) is 4.23. The fourth-order valence-electron chi connectivity index (χ4n) is 4.49. The van der Waals surface area contributed by atoms with Crippen molar-refractivity contribution in [3.8, 4) is 0 Å². The molecule has 1 saturated heterocycles. The van der Waals surface area contributed by atoms with E-state index in [1.807, 2.05) is 12.1 Å². The Morgan fingerprint density at radius 1 is 0.966 bits per heavy atom. The molecule has 0 N–H and O–H groups in total. The summed E-state index contributed by atoms with van der Waals surface area (Å²) in [5.41, 5.74) is 4.62. The normalized spacial score (nSPS) is 19.9. The minimum Gasteiger partial charge on any atom is -0.369 e. The number of rotatable bonds is 5. The van der Waals surface area contributed by atoms with E-state index < -0.39 is 10.0 Å². The van der Waals surface area contributed by atoms with Gasteiger partial charge in [-0.2, -0.15) is 4.31 Å². The summed E-state index contributed by atoms with van der Waals surface area (Å²) < 4.78 is 28.0. The van der Waals surface area contributed by atoms with Crippen LogP contribution in [0.1, 0.15) is 30.0 Å². The van der Waals surface area contributed by atoms with Crippen molar-refractivity contribution in [2.24, 2.45) is 5.92 Å². The quantitative estimate of drug-likeness (QED) is 0.757. The number of fused-ring (bicyclic) bond motifs is 1. The third-order valence-corrected chi connectivity index (χ3v) is 7.94. The van der Waals surface area contributed by atoms with Crippen molar-refractivity contribution in [1.82, 2.24) is 4.31 Å². The smallest absolute Gasteiger partial charge is 0.243 e. The highest BCUT2D eigenvalue weighted by Gasteiger charge is 2.30. The van der Waals surface area contributed by atoms with E-state index in [0.29, 0.717) is 43.4 Å². The van der Waals surface area contributed by atoms with Gasteiger partial charge in [0.25, 0.3) is 0 Å². The number of hydrogen-bond donors (Lipinski definition) is 0. The molecule has 5 nitrogen and oxygen atoms in total. The van der Waals surface area contributed by atoms with Crippen LogP contribution in [0.3, 0.4) is 0 Å². The highest BCUT2D eigenvalue weighted by Crippen LogP contribution is 2.32. The number of carbonyl (C=O) groups is 1. The molecule has 0 radical (unpaired) electrons. The van der Waals surface area contributed by atoms with Gasteiger partial charge in [-0.05, 0) is 68.0 Å². The summed E-state index contributed by atoms with van der Waals surface area (Å²) in [6.07, 6.45) is 2.22. The minimum absolute atomic E-state index is 0.196. The molecule has 1 aliphatic heterocycles. The van der Waals surface area contributed by atoms with Crippen LogP contribution in [0.25, 0.3) is 0 Å². The van der Waals surface area contributed by atoms with E-state index in [9.17, 15) is 13.2 Å². The predicted octanol–water partition coefficient (Wildman–Crippen LogP) is 3.20. The summed E-state index contributed by atoms with van der Waals surface area (Å²) in [6, 6.07) is 13.9. The average Bonchev–Trinajstić information content (AvgIpc) is 3.09. The van der Waals surface area contributed by atoms with Gasteiger partial charge in [-0.1, -0.05) is 23.8 Å². The maximum absolute atomic E-state index is 13.2. The molecule has 154 valence electrons. The maximum Gasteiger partial charge on any atom is 0.243 e. The van der Waals surface area contributed by atoms with E-state index in [-0.39, 0.29) is 5.78 Å². The summed E-state index contributed by atoms with van der Waals surface area (Å²) in [7, 11) is -3.50. The van der Waals surface area contributed by atoms with Gasteiger partial charge in [0.05, 0.1) is 4.90 Å². The summed E-state index contributed by atoms with van der Waals surface area (Å²) in [5.74, 6) is 0.501. The second-order valence-corrected chi connectivity index (χ2v) is 10.3. The van der Waals surface area contributed by atoms with Crippen LogP contribution in [0.5, 0.6) is 0 Å². The van der Waals surface area contributed by atoms with Crippen molar-refractivity contribution in [2.75, 3.05) is 31.1 Å². The molecule has 4 rings (SSSR count). The van der Waals surface area contributed by atoms with Crippen molar-refractivity contribution in [2.45, 2.75) is 38.0 Å². The SMILES string of the molecule is CC(=O)CC1Cc2ccc(S(=O)(=O)N3CCN(c4ccc(C)cc4)CC3)cc2C1. The number of benzene rings is 2. The lowest BCUT2D eigenvalue weighted by molar-refractivity contribution is -0.117. The highest BCUT2D eigenvalue weighted by atomic mass is 32.2. The molecule has 0 bridgehead atoms. The Morgan fingerprint density at radius 3 is 2.28 bits per heavy atom. The van der Waals surface area contributed by atoms with Crippen molar-refractivity contribution in [1.29, 1.82) is 0 Å². The van der Waals surface area contributed by atoms with E-state index in [4.69, 9.17) is 0 Å². The third-order valence-electron chi connectivity index (χ3n) is 6.05. The number of sulfonamides is 1. The van der Waals surface area contributed by atoms with E-state index >= 15 is 0 Å². The molecule has 0 amide bonds. The van der Waals surface area contributed by atoms with Gasteiger partial charge in [0, 0.05) is 38.3 Å². The lowest BCUT2D eigenvalue weighted by Crippen LogP contribution is -2.48. The van der Waals surface area contributed by atoms with Crippen LogP contribution in [-0.4, -0.2) is 44.7 Å². The van der Waals surface area contributed by atoms with Crippen molar-refractivity contribution >= 4 is 21.5 Å². The first-order chi connectivity index (χ1) is 13.8. The predicted molar refractivity (Wildman–Crippen MR) is 115 cm³/mol. The Labute approximate surface area is 173 Å². The number of Topliss-reactive ketones (excluding diaryl/α,β-unsaturated/α-hetero) is 1. The molecule has 0 saturated carbocycles. The Hall–Kier alpha value is -2.18. The molecule has 6 heteroatoms. The van der Waals surface area contributed by atoms with Crippen LogP contribution in [0.4, 0.5) is 5.69 Å². The number of anilines is 1. The molecule has 2 aromatic rings. The zero-order valence-electron chi connectivity index (χ0n) is 17.1. The summed E-state index contributed by atoms with van der Waals surface area (Å²) >= 11 is 0. The van der Waals surface area contributed by atoms with Crippen LogP contribution >= 0.6 is 0 Å². The van der Waals surface area contributed by atoms with Crippen LogP contribution in [0.2, 0.25) is 0 Å². The molecule has 2 aromatic carbocycles. The average molecular weight is 413 g/mol. The van der Waals surface area contributed by atoms with Gasteiger partial charge in [-0.15, -0.1) is 0 Å². The molecule has 1 fully saturated rings. The topological polar surface area (TPSA) is 57.7 Å². The van der Waals surface area contributed by atoms with Gasteiger partial charge in [-0.3, -0.25) is 0 Å². The number of carbonyl (C=O) groups excluding carboxylic acids is 1. The molecule has 0 aromatic heterocycles. The number of piperazine rings is 1. The summed E-state index contributed by atoms with van der Waals surface area (Å²) in [4.78, 5) is 14.0. The van der Waals surface area contributed by atoms with Crippen LogP contribution in [0.15, 0.2) is 47.4 Å². The van der Waals surface area contributed by atoms with Gasteiger partial charge < -0.3 is 9.69 Å². The van der Waals surface area contributed by atoms with Crippen LogP contribution in [0, 0.1) is 12.8 Å². The highest BCUT2D eigenvalue weighted by molar-refractivity contribution is 7.89. The first-order valence-electron chi connectivity index (χ1n) is 10.3. The fourth-order valence-corrected chi connectivity index (χ4v) is 5.96. The molecule has 29 heavy (non-hydrogen) atoms. The molecular formula is C23H28N2O3S. The van der Waals surface area contributed by atoms with Gasteiger partial charge >= 0.3 is 0 Å². The second-order valence-electron chi connectivity index (χ2n) is 8.34. The zero-order valence-corrected chi connectivity index (χ0v) is 17.9. The number of nitrogens with zero attached hydrogens (tertiary/aromatic N) is 2. The van der Waals surface area contributed by atoms with Gasteiger partial charge in [0.2, 0.25) is 10.0 Å². The second kappa shape index (κ2) is 7.92. The van der Waals surface area contributed by atoms with E-state index in [2.05, 4.69) is 36.1 Å². The van der Waals surface area contributed by atoms with E-state index in [1.165, 1.54) is 11.1 Å². The fraction of sp³-hybridized carbons (Fsp3) is 0.435. The summed E-state index contributed by atoms with van der Waals surface area (Å²) in [5, 5.41) is 0. The summed E-state index contributed by atoms with van der Waals surface area (Å²) in [6.45, 7) is 6.03. The number of hydrogen-bond acceptors (Lipinski definition) is 4. The Balaban J connectivity index is 1.45. The zero-order chi connectivity index (χ0) is 20.6. The van der Waals surface area contributed by atoms with Crippen LogP contribution < -0.4 is 4.90 Å². The lowest BCUT2D eigenvalue weighted by Gasteiger charge is -2.35. The molecule has 1 heterocycles.